The molecule has 1 aliphatic rings. The number of carbonyl (C=O) groups excluding carboxylic acids is 1. The van der Waals surface area contributed by atoms with Crippen LogP contribution in [0, 0.1) is 5.41 Å². The largest absolute Gasteiger partial charge is 0.329 e. The summed E-state index contributed by atoms with van der Waals surface area (Å²) >= 11 is 0. The fourth-order valence-electron chi connectivity index (χ4n) is 2.13. The maximum atomic E-state index is 12.3. The van der Waals surface area contributed by atoms with Gasteiger partial charge in [-0.05, 0) is 19.9 Å². The van der Waals surface area contributed by atoms with Crippen molar-refractivity contribution in [1.82, 2.24) is 15.3 Å². The molecule has 0 radical (unpaired) electrons. The Balaban J connectivity index is 2.52. The highest BCUT2D eigenvalue weighted by Crippen LogP contribution is 2.25. The second-order valence-electron chi connectivity index (χ2n) is 4.92. The monoisotopic (exact) mass is 242 g/mol. The third kappa shape index (κ3) is 3.40. The zero-order valence-corrected chi connectivity index (χ0v) is 11.3. The first-order chi connectivity index (χ1) is 8.07. The van der Waals surface area contributed by atoms with Crippen molar-refractivity contribution in [2.45, 2.75) is 26.7 Å². The van der Waals surface area contributed by atoms with Crippen molar-refractivity contribution >= 4 is 5.91 Å². The number of rotatable bonds is 5. The number of piperazine rings is 1. The van der Waals surface area contributed by atoms with Gasteiger partial charge >= 0.3 is 0 Å². The highest BCUT2D eigenvalue weighted by Gasteiger charge is 2.34. The van der Waals surface area contributed by atoms with Crippen LogP contribution in [0.15, 0.2) is 0 Å². The summed E-state index contributed by atoms with van der Waals surface area (Å²) in [7, 11) is 2.10. The van der Waals surface area contributed by atoms with Gasteiger partial charge in [-0.1, -0.05) is 13.8 Å². The third-order valence-corrected chi connectivity index (χ3v) is 3.99. The number of hydrazine groups is 1. The van der Waals surface area contributed by atoms with Crippen LogP contribution in [0.5, 0.6) is 0 Å². The van der Waals surface area contributed by atoms with Crippen molar-refractivity contribution < 1.29 is 4.79 Å². The first-order valence-electron chi connectivity index (χ1n) is 6.52. The van der Waals surface area contributed by atoms with Crippen LogP contribution in [0.25, 0.3) is 0 Å². The minimum Gasteiger partial charge on any atom is -0.329 e. The van der Waals surface area contributed by atoms with E-state index in [1.54, 1.807) is 0 Å². The fraction of sp³-hybridized carbons (Fsp3) is 0.917. The number of hydrogen-bond acceptors (Lipinski definition) is 4. The maximum Gasteiger partial charge on any atom is 0.241 e. The molecule has 1 saturated heterocycles. The molecule has 1 fully saturated rings. The molecule has 100 valence electrons. The predicted octanol–water partition coefficient (Wildman–Crippen LogP) is 0.0301. The highest BCUT2D eigenvalue weighted by molar-refractivity contribution is 5.82. The van der Waals surface area contributed by atoms with E-state index in [0.717, 1.165) is 39.0 Å². The lowest BCUT2D eigenvalue weighted by molar-refractivity contribution is -0.137. The molecule has 0 saturated carbocycles. The first-order valence-corrected chi connectivity index (χ1v) is 6.52. The Kier molecular flexibility index (Phi) is 5.36. The highest BCUT2D eigenvalue weighted by atomic mass is 16.2. The lowest BCUT2D eigenvalue weighted by atomic mass is 9.82. The van der Waals surface area contributed by atoms with Crippen molar-refractivity contribution in [1.29, 1.82) is 0 Å². The molecule has 1 aliphatic heterocycles. The van der Waals surface area contributed by atoms with E-state index in [1.807, 2.05) is 18.9 Å². The van der Waals surface area contributed by atoms with Gasteiger partial charge in [0, 0.05) is 32.7 Å². The molecule has 0 atom stereocenters. The molecule has 1 heterocycles. The number of nitrogens with zero attached hydrogens (tertiary/aromatic N) is 2. The van der Waals surface area contributed by atoms with Crippen LogP contribution in [-0.4, -0.2) is 55.6 Å². The smallest absolute Gasteiger partial charge is 0.241 e. The standard InChI is InChI=1S/C12H26N4O/c1-4-12(5-2,10-13)11(17)14-16-8-6-15(3)7-9-16/h4-10,13H2,1-3H3,(H,14,17). The Hall–Kier alpha value is -0.650. The van der Waals surface area contributed by atoms with Crippen molar-refractivity contribution in [3.63, 3.8) is 0 Å². The Morgan fingerprint density at radius 2 is 1.76 bits per heavy atom. The van der Waals surface area contributed by atoms with Crippen molar-refractivity contribution in [3.8, 4) is 0 Å². The second kappa shape index (κ2) is 6.33. The summed E-state index contributed by atoms with van der Waals surface area (Å²) in [6, 6.07) is 0. The van der Waals surface area contributed by atoms with Crippen LogP contribution in [0.2, 0.25) is 0 Å². The molecule has 0 bridgehead atoms. The summed E-state index contributed by atoms with van der Waals surface area (Å²) in [5.41, 5.74) is 8.39. The van der Waals surface area contributed by atoms with Gasteiger partial charge in [0.1, 0.15) is 0 Å². The van der Waals surface area contributed by atoms with Gasteiger partial charge in [0.2, 0.25) is 5.91 Å². The molecule has 5 nitrogen and oxygen atoms in total. The van der Waals surface area contributed by atoms with Gasteiger partial charge in [0.25, 0.3) is 0 Å². The Morgan fingerprint density at radius 3 is 2.18 bits per heavy atom. The maximum absolute atomic E-state index is 12.3. The molecule has 0 unspecified atom stereocenters. The molecule has 0 aromatic rings. The van der Waals surface area contributed by atoms with E-state index >= 15 is 0 Å². The van der Waals surface area contributed by atoms with Gasteiger partial charge in [-0.3, -0.25) is 10.2 Å². The fourth-order valence-corrected chi connectivity index (χ4v) is 2.13. The SMILES string of the molecule is CCC(CC)(CN)C(=O)NN1CCN(C)CC1. The van der Waals surface area contributed by atoms with Crippen molar-refractivity contribution in [2.75, 3.05) is 39.8 Å². The summed E-state index contributed by atoms with van der Waals surface area (Å²) in [5.74, 6) is 0.0783. The van der Waals surface area contributed by atoms with Gasteiger partial charge in [0.05, 0.1) is 5.41 Å². The Labute approximate surface area is 104 Å². The third-order valence-electron chi connectivity index (χ3n) is 3.99. The minimum absolute atomic E-state index is 0.0783. The minimum atomic E-state index is -0.399. The molecule has 0 spiro atoms. The molecule has 17 heavy (non-hydrogen) atoms. The van der Waals surface area contributed by atoms with E-state index in [9.17, 15) is 4.79 Å². The van der Waals surface area contributed by atoms with Crippen LogP contribution in [-0.2, 0) is 4.79 Å². The number of hydrogen-bond donors (Lipinski definition) is 2. The lowest BCUT2D eigenvalue weighted by Crippen LogP contribution is -2.57. The summed E-state index contributed by atoms with van der Waals surface area (Å²) in [4.78, 5) is 14.5. The lowest BCUT2D eigenvalue weighted by Gasteiger charge is -2.36. The molecule has 0 aromatic carbocycles. The molecule has 1 rings (SSSR count). The summed E-state index contributed by atoms with van der Waals surface area (Å²) in [5, 5.41) is 2.01. The molecular weight excluding hydrogens is 216 g/mol. The van der Waals surface area contributed by atoms with Crippen LogP contribution in [0.1, 0.15) is 26.7 Å². The topological polar surface area (TPSA) is 61.6 Å². The molecule has 5 heteroatoms. The van der Waals surface area contributed by atoms with Crippen LogP contribution in [0.4, 0.5) is 0 Å². The second-order valence-corrected chi connectivity index (χ2v) is 4.92. The zero-order chi connectivity index (χ0) is 12.9. The van der Waals surface area contributed by atoms with E-state index in [4.69, 9.17) is 5.73 Å². The summed E-state index contributed by atoms with van der Waals surface area (Å²) in [6.45, 7) is 8.23. The normalized spacial score (nSPS) is 19.3. The Bertz CT molecular complexity index is 237. The van der Waals surface area contributed by atoms with Crippen LogP contribution < -0.4 is 11.2 Å². The van der Waals surface area contributed by atoms with Gasteiger partial charge in [-0.25, -0.2) is 5.01 Å². The number of nitrogens with two attached hydrogens (primary N) is 1. The number of carbonyl (C=O) groups is 1. The van der Waals surface area contributed by atoms with Gasteiger partial charge in [-0.2, -0.15) is 0 Å². The molecule has 0 aromatic heterocycles. The quantitative estimate of drug-likeness (QED) is 0.714. The van der Waals surface area contributed by atoms with Gasteiger partial charge in [0.15, 0.2) is 0 Å². The zero-order valence-electron chi connectivity index (χ0n) is 11.3. The average molecular weight is 242 g/mol. The van der Waals surface area contributed by atoms with Crippen molar-refractivity contribution in [2.24, 2.45) is 11.1 Å². The van der Waals surface area contributed by atoms with Gasteiger partial charge < -0.3 is 10.6 Å². The molecular formula is C12H26N4O. The van der Waals surface area contributed by atoms with E-state index in [1.165, 1.54) is 0 Å². The number of nitrogens with one attached hydrogen (secondary N) is 1. The summed E-state index contributed by atoms with van der Waals surface area (Å²) < 4.78 is 0. The van der Waals surface area contributed by atoms with Crippen LogP contribution >= 0.6 is 0 Å². The molecule has 3 N–H and O–H groups in total. The van der Waals surface area contributed by atoms with Crippen LogP contribution in [0.3, 0.4) is 0 Å². The molecule has 0 aliphatic carbocycles. The number of likely N-dealkylation sites (N-methyl/N-ethyl adjacent to an activating group) is 1. The van der Waals surface area contributed by atoms with E-state index in [2.05, 4.69) is 17.4 Å². The Morgan fingerprint density at radius 1 is 1.24 bits per heavy atom. The first kappa shape index (κ1) is 14.4. The average Bonchev–Trinajstić information content (AvgIpc) is 2.35. The van der Waals surface area contributed by atoms with E-state index < -0.39 is 5.41 Å². The van der Waals surface area contributed by atoms with Gasteiger partial charge in [-0.15, -0.1) is 0 Å². The predicted molar refractivity (Wildman–Crippen MR) is 69.3 cm³/mol. The van der Waals surface area contributed by atoms with Crippen molar-refractivity contribution in [3.05, 3.63) is 0 Å². The summed E-state index contributed by atoms with van der Waals surface area (Å²) in [6.07, 6.45) is 1.58. The number of amides is 1. The van der Waals surface area contributed by atoms with E-state index in [-0.39, 0.29) is 5.91 Å². The van der Waals surface area contributed by atoms with E-state index in [0.29, 0.717) is 6.54 Å². The molecule has 1 amide bonds.